The highest BCUT2D eigenvalue weighted by Gasteiger charge is 2.34. The second-order valence-corrected chi connectivity index (χ2v) is 7.26. The first-order valence-electron chi connectivity index (χ1n) is 9.14. The van der Waals surface area contributed by atoms with Gasteiger partial charge in [0.25, 0.3) is 0 Å². The van der Waals surface area contributed by atoms with Crippen molar-refractivity contribution in [2.24, 2.45) is 11.8 Å². The summed E-state index contributed by atoms with van der Waals surface area (Å²) in [5, 5.41) is 3.30. The zero-order valence-corrected chi connectivity index (χ0v) is 14.8. The molecule has 24 heavy (non-hydrogen) atoms. The Morgan fingerprint density at radius 2 is 1.88 bits per heavy atom. The van der Waals surface area contributed by atoms with Gasteiger partial charge in [0.1, 0.15) is 0 Å². The fourth-order valence-corrected chi connectivity index (χ4v) is 3.97. The summed E-state index contributed by atoms with van der Waals surface area (Å²) in [5.41, 5.74) is 3.51. The Hall–Kier alpha value is -1.39. The number of hydrogen-bond donors (Lipinski definition) is 1. The number of amides is 1. The molecule has 2 saturated heterocycles. The largest absolute Gasteiger partial charge is 0.381 e. The predicted molar refractivity (Wildman–Crippen MR) is 94.0 cm³/mol. The molecule has 0 unspecified atom stereocenters. The molecule has 3 rings (SSSR count). The molecular formula is C20H29NO3. The van der Waals surface area contributed by atoms with E-state index in [1.165, 1.54) is 11.1 Å². The first-order chi connectivity index (χ1) is 11.6. The van der Waals surface area contributed by atoms with Crippen LogP contribution in [0.1, 0.15) is 36.0 Å². The fraction of sp³-hybridized carbons (Fsp3) is 0.650. The molecule has 0 bridgehead atoms. The van der Waals surface area contributed by atoms with Crippen molar-refractivity contribution in [1.82, 2.24) is 5.32 Å². The number of rotatable bonds is 4. The van der Waals surface area contributed by atoms with Gasteiger partial charge < -0.3 is 14.8 Å². The third-order valence-corrected chi connectivity index (χ3v) is 5.47. The van der Waals surface area contributed by atoms with Crippen molar-refractivity contribution in [3.8, 4) is 0 Å². The van der Waals surface area contributed by atoms with Gasteiger partial charge in [-0.15, -0.1) is 0 Å². The minimum Gasteiger partial charge on any atom is -0.381 e. The van der Waals surface area contributed by atoms with Gasteiger partial charge in [-0.1, -0.05) is 23.8 Å². The standard InChI is InChI=1S/C20H29NO3/c1-14-3-4-15(2)17(11-14)12-20(22)21-19-7-10-24-13-18(19)16-5-8-23-9-6-16/h3-4,11,16,18-19H,5-10,12-13H2,1-2H3,(H,21,22)/t18-,19-/m1/s1. The molecule has 2 heterocycles. The van der Waals surface area contributed by atoms with Gasteiger partial charge in [0.2, 0.25) is 5.91 Å². The van der Waals surface area contributed by atoms with E-state index in [9.17, 15) is 4.79 Å². The lowest BCUT2D eigenvalue weighted by atomic mass is 9.79. The average molecular weight is 331 g/mol. The Morgan fingerprint density at radius 3 is 2.67 bits per heavy atom. The van der Waals surface area contributed by atoms with Gasteiger partial charge in [-0.3, -0.25) is 4.79 Å². The Kier molecular flexibility index (Phi) is 5.90. The van der Waals surface area contributed by atoms with Crippen LogP contribution in [0.25, 0.3) is 0 Å². The number of benzene rings is 1. The molecule has 132 valence electrons. The SMILES string of the molecule is Cc1ccc(C)c(CC(=O)N[C@@H]2CCOC[C@@H]2C2CCOCC2)c1. The smallest absolute Gasteiger partial charge is 0.224 e. The van der Waals surface area contributed by atoms with Gasteiger partial charge in [0, 0.05) is 31.8 Å². The zero-order chi connectivity index (χ0) is 16.9. The molecule has 0 radical (unpaired) electrons. The van der Waals surface area contributed by atoms with Gasteiger partial charge in [-0.2, -0.15) is 0 Å². The van der Waals surface area contributed by atoms with Crippen molar-refractivity contribution < 1.29 is 14.3 Å². The molecule has 0 aliphatic carbocycles. The summed E-state index contributed by atoms with van der Waals surface area (Å²) >= 11 is 0. The maximum atomic E-state index is 12.6. The van der Waals surface area contributed by atoms with Gasteiger partial charge in [0.05, 0.1) is 13.0 Å². The highest BCUT2D eigenvalue weighted by atomic mass is 16.5. The minimum atomic E-state index is 0.132. The van der Waals surface area contributed by atoms with Crippen molar-refractivity contribution >= 4 is 5.91 Å². The minimum absolute atomic E-state index is 0.132. The van der Waals surface area contributed by atoms with Crippen LogP contribution in [0, 0.1) is 25.7 Å². The summed E-state index contributed by atoms with van der Waals surface area (Å²) in [6.07, 6.45) is 3.54. The number of carbonyl (C=O) groups is 1. The Labute approximate surface area is 144 Å². The third-order valence-electron chi connectivity index (χ3n) is 5.47. The molecule has 2 fully saturated rings. The van der Waals surface area contributed by atoms with E-state index in [4.69, 9.17) is 9.47 Å². The summed E-state index contributed by atoms with van der Waals surface area (Å²) in [7, 11) is 0. The van der Waals surface area contributed by atoms with Crippen LogP contribution in [0.5, 0.6) is 0 Å². The number of aryl methyl sites for hydroxylation is 2. The molecule has 1 N–H and O–H groups in total. The topological polar surface area (TPSA) is 47.6 Å². The molecule has 2 aliphatic rings. The normalized spacial score (nSPS) is 25.4. The van der Waals surface area contributed by atoms with Crippen molar-refractivity contribution in [3.63, 3.8) is 0 Å². The lowest BCUT2D eigenvalue weighted by Crippen LogP contribution is -2.49. The van der Waals surface area contributed by atoms with E-state index < -0.39 is 0 Å². The van der Waals surface area contributed by atoms with Crippen LogP contribution in [-0.4, -0.2) is 38.4 Å². The lowest BCUT2D eigenvalue weighted by molar-refractivity contribution is -0.123. The molecular weight excluding hydrogens is 302 g/mol. The Balaban J connectivity index is 1.61. The van der Waals surface area contributed by atoms with Crippen LogP contribution in [0.3, 0.4) is 0 Å². The molecule has 1 aromatic carbocycles. The predicted octanol–water partition coefficient (Wildman–Crippen LogP) is 2.79. The summed E-state index contributed by atoms with van der Waals surface area (Å²) < 4.78 is 11.2. The van der Waals surface area contributed by atoms with Gasteiger partial charge in [-0.25, -0.2) is 0 Å². The fourth-order valence-electron chi connectivity index (χ4n) is 3.97. The maximum Gasteiger partial charge on any atom is 0.224 e. The quantitative estimate of drug-likeness (QED) is 0.923. The van der Waals surface area contributed by atoms with E-state index >= 15 is 0 Å². The summed E-state index contributed by atoms with van der Waals surface area (Å²) in [6.45, 7) is 7.32. The van der Waals surface area contributed by atoms with E-state index in [-0.39, 0.29) is 11.9 Å². The molecule has 1 aromatic rings. The van der Waals surface area contributed by atoms with Crippen LogP contribution in [-0.2, 0) is 20.7 Å². The molecule has 2 aliphatic heterocycles. The highest BCUT2D eigenvalue weighted by Crippen LogP contribution is 2.30. The van der Waals surface area contributed by atoms with Crippen LogP contribution in [0.4, 0.5) is 0 Å². The third kappa shape index (κ3) is 4.37. The van der Waals surface area contributed by atoms with Crippen molar-refractivity contribution in [2.75, 3.05) is 26.4 Å². The van der Waals surface area contributed by atoms with Crippen molar-refractivity contribution in [3.05, 3.63) is 34.9 Å². The molecule has 4 nitrogen and oxygen atoms in total. The van der Waals surface area contributed by atoms with E-state index in [1.54, 1.807) is 0 Å². The lowest BCUT2D eigenvalue weighted by Gasteiger charge is -2.39. The molecule has 0 spiro atoms. The first-order valence-corrected chi connectivity index (χ1v) is 9.14. The highest BCUT2D eigenvalue weighted by molar-refractivity contribution is 5.79. The van der Waals surface area contributed by atoms with Gasteiger partial charge >= 0.3 is 0 Å². The molecule has 0 aromatic heterocycles. The molecule has 2 atom stereocenters. The second-order valence-electron chi connectivity index (χ2n) is 7.26. The van der Waals surface area contributed by atoms with Crippen LogP contribution >= 0.6 is 0 Å². The number of nitrogens with one attached hydrogen (secondary N) is 1. The van der Waals surface area contributed by atoms with E-state index in [2.05, 4.69) is 37.4 Å². The number of ether oxygens (including phenoxy) is 2. The van der Waals surface area contributed by atoms with Crippen molar-refractivity contribution in [1.29, 1.82) is 0 Å². The second kappa shape index (κ2) is 8.13. The first kappa shape index (κ1) is 17.4. The van der Waals surface area contributed by atoms with E-state index in [0.29, 0.717) is 18.3 Å². The van der Waals surface area contributed by atoms with Gasteiger partial charge in [0.15, 0.2) is 0 Å². The molecule has 1 amide bonds. The summed E-state index contributed by atoms with van der Waals surface area (Å²) in [4.78, 5) is 12.6. The maximum absolute atomic E-state index is 12.6. The summed E-state index contributed by atoms with van der Waals surface area (Å²) in [5.74, 6) is 1.16. The average Bonchev–Trinajstić information content (AvgIpc) is 2.59. The van der Waals surface area contributed by atoms with E-state index in [0.717, 1.165) is 51.3 Å². The van der Waals surface area contributed by atoms with E-state index in [1.807, 2.05) is 0 Å². The Bertz CT molecular complexity index is 566. The van der Waals surface area contributed by atoms with Crippen LogP contribution in [0.2, 0.25) is 0 Å². The van der Waals surface area contributed by atoms with Crippen LogP contribution < -0.4 is 5.32 Å². The Morgan fingerprint density at radius 1 is 1.12 bits per heavy atom. The summed E-state index contributed by atoms with van der Waals surface area (Å²) in [6, 6.07) is 6.54. The number of carbonyl (C=O) groups excluding carboxylic acids is 1. The zero-order valence-electron chi connectivity index (χ0n) is 14.8. The van der Waals surface area contributed by atoms with Gasteiger partial charge in [-0.05, 0) is 50.2 Å². The number of hydrogen-bond acceptors (Lipinski definition) is 3. The van der Waals surface area contributed by atoms with Crippen molar-refractivity contribution in [2.45, 2.75) is 45.6 Å². The monoisotopic (exact) mass is 331 g/mol. The molecule has 0 saturated carbocycles. The van der Waals surface area contributed by atoms with Crippen LogP contribution in [0.15, 0.2) is 18.2 Å². The molecule has 4 heteroatoms.